The number of rotatable bonds is 15. The Hall–Kier alpha value is -2.77. The van der Waals surface area contributed by atoms with Gasteiger partial charge in [0.25, 0.3) is 0 Å². The van der Waals surface area contributed by atoms with Gasteiger partial charge in [0, 0.05) is 25.2 Å². The van der Waals surface area contributed by atoms with Gasteiger partial charge in [-0.05, 0) is 12.8 Å². The molecule has 0 heterocycles. The van der Waals surface area contributed by atoms with Gasteiger partial charge in [0.05, 0.1) is 32.7 Å². The van der Waals surface area contributed by atoms with Crippen LogP contribution in [0.2, 0.25) is 0 Å². The van der Waals surface area contributed by atoms with Crippen LogP contribution < -0.4 is 0 Å². The van der Waals surface area contributed by atoms with Crippen molar-refractivity contribution < 1.29 is 49.5 Å². The predicted molar refractivity (Wildman–Crippen MR) is 104 cm³/mol. The van der Waals surface area contributed by atoms with Crippen LogP contribution in [0.15, 0.2) is 0 Å². The van der Waals surface area contributed by atoms with E-state index in [1.165, 1.54) is 4.90 Å². The second kappa shape index (κ2) is 12.8. The minimum absolute atomic E-state index is 0.0298. The van der Waals surface area contributed by atoms with E-state index in [2.05, 4.69) is 0 Å². The van der Waals surface area contributed by atoms with Gasteiger partial charge in [0.15, 0.2) is 0 Å². The third-order valence-electron chi connectivity index (χ3n) is 5.07. The van der Waals surface area contributed by atoms with Crippen molar-refractivity contribution in [3.05, 3.63) is 0 Å². The summed E-state index contributed by atoms with van der Waals surface area (Å²) in [5.41, 5.74) is 0. The van der Waals surface area contributed by atoms with Gasteiger partial charge in [-0.3, -0.25) is 38.7 Å². The first-order valence-electron chi connectivity index (χ1n) is 9.79. The summed E-state index contributed by atoms with van der Waals surface area (Å²) >= 11 is 0. The van der Waals surface area contributed by atoms with Crippen LogP contribution in [0, 0.1) is 0 Å². The molecule has 1 rings (SSSR count). The van der Waals surface area contributed by atoms with Crippen LogP contribution in [-0.2, 0) is 24.0 Å². The van der Waals surface area contributed by atoms with E-state index in [4.69, 9.17) is 10.2 Å². The first kappa shape index (κ1) is 26.3. The second-order valence-corrected chi connectivity index (χ2v) is 7.47. The molecule has 0 aromatic carbocycles. The van der Waals surface area contributed by atoms with Crippen LogP contribution >= 0.6 is 0 Å². The van der Waals surface area contributed by atoms with Crippen LogP contribution in [0.5, 0.6) is 0 Å². The molecule has 13 heteroatoms. The molecule has 1 fully saturated rings. The summed E-state index contributed by atoms with van der Waals surface area (Å²) in [7, 11) is 0. The Balaban J connectivity index is 3.06. The number of carbonyl (C=O) groups is 5. The van der Waals surface area contributed by atoms with Crippen molar-refractivity contribution in [3.8, 4) is 0 Å². The molecule has 0 amide bonds. The van der Waals surface area contributed by atoms with Crippen molar-refractivity contribution in [3.63, 3.8) is 0 Å². The molecule has 1 saturated carbocycles. The van der Waals surface area contributed by atoms with Gasteiger partial charge >= 0.3 is 29.8 Å². The zero-order valence-electron chi connectivity index (χ0n) is 17.1. The Morgan fingerprint density at radius 2 is 0.903 bits per heavy atom. The third kappa shape index (κ3) is 10.2. The Labute approximate surface area is 178 Å². The zero-order valence-corrected chi connectivity index (χ0v) is 17.1. The standard InChI is InChI=1S/C18H29N3O10/c22-14(23)7-19(8-15(24)25)5-6-20(9-16(26)27)12-3-1-2-4-13(12)21(10-17(28)29)11-18(30)31/h12-13H,1-11H2,(H,22,23)(H,24,25)(H,26,27)(H,28,29)(H,30,31). The number of nitrogens with zero attached hydrogens (tertiary/aromatic N) is 3. The summed E-state index contributed by atoms with van der Waals surface area (Å²) in [6, 6.07) is -0.993. The molecule has 5 N–H and O–H groups in total. The van der Waals surface area contributed by atoms with Gasteiger partial charge in [0.2, 0.25) is 0 Å². The Kier molecular flexibility index (Phi) is 10.9. The molecule has 13 nitrogen and oxygen atoms in total. The van der Waals surface area contributed by atoms with Crippen molar-refractivity contribution >= 4 is 29.8 Å². The summed E-state index contributed by atoms with van der Waals surface area (Å²) < 4.78 is 0. The molecule has 2 unspecified atom stereocenters. The number of carboxylic acid groups (broad SMARTS) is 5. The van der Waals surface area contributed by atoms with E-state index in [0.717, 1.165) is 17.7 Å². The molecule has 2 atom stereocenters. The van der Waals surface area contributed by atoms with E-state index in [0.29, 0.717) is 12.8 Å². The van der Waals surface area contributed by atoms with Gasteiger partial charge in [-0.15, -0.1) is 0 Å². The van der Waals surface area contributed by atoms with Crippen LogP contribution in [0.3, 0.4) is 0 Å². The number of hydrogen-bond acceptors (Lipinski definition) is 8. The molecule has 0 aromatic heterocycles. The normalized spacial score (nSPS) is 18.9. The van der Waals surface area contributed by atoms with Crippen LogP contribution in [0.25, 0.3) is 0 Å². The molecule has 0 bridgehead atoms. The monoisotopic (exact) mass is 447 g/mol. The highest BCUT2D eigenvalue weighted by Crippen LogP contribution is 2.27. The van der Waals surface area contributed by atoms with Crippen molar-refractivity contribution in [2.45, 2.75) is 37.8 Å². The molecule has 1 aliphatic rings. The number of hydrogen-bond donors (Lipinski definition) is 5. The lowest BCUT2D eigenvalue weighted by atomic mass is 9.87. The summed E-state index contributed by atoms with van der Waals surface area (Å²) in [4.78, 5) is 59.9. The van der Waals surface area contributed by atoms with E-state index < -0.39 is 74.7 Å². The topological polar surface area (TPSA) is 196 Å². The average molecular weight is 447 g/mol. The fraction of sp³-hybridized carbons (Fsp3) is 0.722. The summed E-state index contributed by atoms with van der Waals surface area (Å²) in [6.45, 7) is -2.54. The molecule has 0 aromatic rings. The van der Waals surface area contributed by atoms with Crippen molar-refractivity contribution in [1.82, 2.24) is 14.7 Å². The average Bonchev–Trinajstić information content (AvgIpc) is 2.62. The largest absolute Gasteiger partial charge is 0.480 e. The van der Waals surface area contributed by atoms with Gasteiger partial charge < -0.3 is 25.5 Å². The zero-order chi connectivity index (χ0) is 23.6. The van der Waals surface area contributed by atoms with Gasteiger partial charge in [0.1, 0.15) is 0 Å². The van der Waals surface area contributed by atoms with E-state index in [-0.39, 0.29) is 13.1 Å². The highest BCUT2D eigenvalue weighted by atomic mass is 16.4. The van der Waals surface area contributed by atoms with Crippen molar-refractivity contribution in [2.75, 3.05) is 45.8 Å². The summed E-state index contributed by atoms with van der Waals surface area (Å²) in [6.07, 6.45) is 2.45. The maximum Gasteiger partial charge on any atom is 0.317 e. The van der Waals surface area contributed by atoms with Gasteiger partial charge in [-0.1, -0.05) is 12.8 Å². The maximum absolute atomic E-state index is 11.4. The van der Waals surface area contributed by atoms with Gasteiger partial charge in [-0.25, -0.2) is 0 Å². The molecule has 0 saturated heterocycles. The molecule has 0 radical (unpaired) electrons. The van der Waals surface area contributed by atoms with Gasteiger partial charge in [-0.2, -0.15) is 0 Å². The summed E-state index contributed by atoms with van der Waals surface area (Å²) in [5.74, 6) is -6.02. The Morgan fingerprint density at radius 3 is 1.29 bits per heavy atom. The minimum Gasteiger partial charge on any atom is -0.480 e. The van der Waals surface area contributed by atoms with E-state index in [1.807, 2.05) is 0 Å². The van der Waals surface area contributed by atoms with E-state index in [9.17, 15) is 39.3 Å². The lowest BCUT2D eigenvalue weighted by Crippen LogP contribution is -2.57. The van der Waals surface area contributed by atoms with Crippen LogP contribution in [-0.4, -0.2) is 128 Å². The predicted octanol–water partition coefficient (Wildman–Crippen LogP) is -1.37. The minimum atomic E-state index is -1.23. The number of carboxylic acids is 5. The SMILES string of the molecule is O=C(O)CN(CCN(CC(=O)O)C1CCCCC1N(CC(=O)O)CC(=O)O)CC(=O)O. The Morgan fingerprint density at radius 1 is 0.548 bits per heavy atom. The molecule has 0 spiro atoms. The summed E-state index contributed by atoms with van der Waals surface area (Å²) in [5, 5.41) is 45.7. The first-order valence-corrected chi connectivity index (χ1v) is 9.79. The molecular weight excluding hydrogens is 418 g/mol. The molecule has 1 aliphatic carbocycles. The van der Waals surface area contributed by atoms with Crippen molar-refractivity contribution in [2.24, 2.45) is 0 Å². The highest BCUT2D eigenvalue weighted by Gasteiger charge is 2.36. The Bertz CT molecular complexity index is 639. The fourth-order valence-electron chi connectivity index (χ4n) is 3.98. The molecule has 31 heavy (non-hydrogen) atoms. The molecule has 176 valence electrons. The second-order valence-electron chi connectivity index (χ2n) is 7.47. The van der Waals surface area contributed by atoms with Crippen LogP contribution in [0.1, 0.15) is 25.7 Å². The van der Waals surface area contributed by atoms with Crippen molar-refractivity contribution in [1.29, 1.82) is 0 Å². The first-order chi connectivity index (χ1) is 14.5. The maximum atomic E-state index is 11.4. The number of aliphatic carboxylic acids is 5. The fourth-order valence-corrected chi connectivity index (χ4v) is 3.98. The van der Waals surface area contributed by atoms with E-state index in [1.54, 1.807) is 4.90 Å². The highest BCUT2D eigenvalue weighted by molar-refractivity contribution is 5.73. The quantitative estimate of drug-likeness (QED) is 0.197. The molecular formula is C18H29N3O10. The third-order valence-corrected chi connectivity index (χ3v) is 5.07. The smallest absolute Gasteiger partial charge is 0.317 e. The lowest BCUT2D eigenvalue weighted by molar-refractivity contribution is -0.146. The van der Waals surface area contributed by atoms with E-state index >= 15 is 0 Å². The van der Waals surface area contributed by atoms with Crippen LogP contribution in [0.4, 0.5) is 0 Å². The molecule has 0 aliphatic heterocycles. The lowest BCUT2D eigenvalue weighted by Gasteiger charge is -2.44.